The Hall–Kier alpha value is -2.53. The fourth-order valence-electron chi connectivity index (χ4n) is 4.72. The first kappa shape index (κ1) is 42.6. The molecule has 3 aliphatic rings. The summed E-state index contributed by atoms with van der Waals surface area (Å²) < 4.78 is 0. The number of nitrogens with one attached hydrogen (secondary N) is 2. The van der Waals surface area contributed by atoms with Crippen LogP contribution in [0.1, 0.15) is 113 Å². The summed E-state index contributed by atoms with van der Waals surface area (Å²) in [5.74, 6) is 2.01. The Kier molecular flexibility index (Phi) is 25.7. The molecule has 4 N–H and O–H groups in total. The van der Waals surface area contributed by atoms with Gasteiger partial charge in [-0.25, -0.2) is 0 Å². The molecule has 0 aromatic rings. The third-order valence-corrected chi connectivity index (χ3v) is 7.71. The average Bonchev–Trinajstić information content (AvgIpc) is 3.60. The zero-order valence-corrected chi connectivity index (χ0v) is 29.7. The Morgan fingerprint density at radius 2 is 1.49 bits per heavy atom. The topological polar surface area (TPSA) is 70.4 Å². The molecule has 3 rings (SSSR count). The second kappa shape index (κ2) is 25.9. The van der Waals surface area contributed by atoms with E-state index in [2.05, 4.69) is 86.9 Å². The molecule has 248 valence electrons. The summed E-state index contributed by atoms with van der Waals surface area (Å²) >= 11 is 0. The number of hydrogen-bond acceptors (Lipinski definition) is 4. The molecule has 3 atom stereocenters. The molecule has 0 aromatic heterocycles. The number of rotatable bonds is 10. The molecule has 0 aromatic carbocycles. The second-order valence-electron chi connectivity index (χ2n) is 11.8. The van der Waals surface area contributed by atoms with Crippen LogP contribution in [0.2, 0.25) is 0 Å². The van der Waals surface area contributed by atoms with E-state index < -0.39 is 0 Å². The number of amides is 1. The third-order valence-electron chi connectivity index (χ3n) is 7.71. The highest BCUT2D eigenvalue weighted by atomic mass is 16.1. The summed E-state index contributed by atoms with van der Waals surface area (Å²) in [5.41, 5.74) is 7.86. The van der Waals surface area contributed by atoms with Gasteiger partial charge in [0, 0.05) is 36.4 Å². The lowest BCUT2D eigenvalue weighted by Crippen LogP contribution is -2.47. The van der Waals surface area contributed by atoms with Crippen molar-refractivity contribution in [3.8, 4) is 0 Å². The fourth-order valence-corrected chi connectivity index (χ4v) is 4.72. The number of carbonyl (C=O) groups is 1. The SMILES string of the molecule is C=C(N)C(=C)C(C)NC.C=CC1CCCN1C(=C)C(NC(=O)CC(C)C)C1CC/C=C\C=C/CC1.CC.CC.CC1CC1. The van der Waals surface area contributed by atoms with Crippen LogP contribution >= 0.6 is 0 Å². The van der Waals surface area contributed by atoms with E-state index in [1.54, 1.807) is 0 Å². The standard InChI is InChI=1S/C23H36N2O.C7H14N2.C4H8.2C2H6/c1-5-21-15-12-16-25(21)19(4)23(24-22(26)17-18(2)3)20-13-10-8-6-7-9-11-14-20;1-5(6(2)8)7(3)9-4;1-4-2-3-4;2*1-2/h5-9,18,20-21,23H,1,4,10-17H2,2-3H3,(H,24,26);7,9H,1-2,8H2,3-4H3;4H,2-3H2,1H3;2*1-2H3/b8-6-,9-7-;;;;. The molecule has 1 saturated heterocycles. The van der Waals surface area contributed by atoms with Gasteiger partial charge in [-0.2, -0.15) is 0 Å². The highest BCUT2D eigenvalue weighted by molar-refractivity contribution is 5.76. The number of allylic oxidation sites excluding steroid dienone is 4. The molecule has 2 fully saturated rings. The number of carbonyl (C=O) groups excluding carboxylic acids is 1. The van der Waals surface area contributed by atoms with Crippen LogP contribution in [0.15, 0.2) is 73.7 Å². The van der Waals surface area contributed by atoms with Gasteiger partial charge in [0.1, 0.15) is 0 Å². The van der Waals surface area contributed by atoms with Crippen LogP contribution in [0.4, 0.5) is 0 Å². The highest BCUT2D eigenvalue weighted by Crippen LogP contribution is 2.30. The van der Waals surface area contributed by atoms with Crippen molar-refractivity contribution in [2.45, 2.75) is 131 Å². The first-order valence-electron chi connectivity index (χ1n) is 17.0. The fraction of sp³-hybridized carbons (Fsp3) is 0.658. The Balaban J connectivity index is 0. The smallest absolute Gasteiger partial charge is 0.220 e. The van der Waals surface area contributed by atoms with E-state index in [0.717, 1.165) is 55.8 Å². The molecule has 1 heterocycles. The molecule has 5 nitrogen and oxygen atoms in total. The summed E-state index contributed by atoms with van der Waals surface area (Å²) in [4.78, 5) is 14.9. The van der Waals surface area contributed by atoms with Gasteiger partial charge in [-0.3, -0.25) is 4.79 Å². The quantitative estimate of drug-likeness (QED) is 0.173. The van der Waals surface area contributed by atoms with E-state index in [4.69, 9.17) is 5.73 Å². The Bertz CT molecular complexity index is 836. The van der Waals surface area contributed by atoms with Crippen molar-refractivity contribution in [3.05, 3.63) is 73.7 Å². The molecule has 0 radical (unpaired) electrons. The van der Waals surface area contributed by atoms with Crippen LogP contribution in [-0.4, -0.2) is 42.5 Å². The minimum absolute atomic E-state index is 0.0155. The van der Waals surface area contributed by atoms with Crippen LogP contribution in [-0.2, 0) is 4.79 Å². The van der Waals surface area contributed by atoms with E-state index in [-0.39, 0.29) is 18.0 Å². The molecule has 5 heteroatoms. The third kappa shape index (κ3) is 19.4. The van der Waals surface area contributed by atoms with Crippen LogP contribution in [0.3, 0.4) is 0 Å². The first-order valence-corrected chi connectivity index (χ1v) is 17.0. The van der Waals surface area contributed by atoms with Crippen molar-refractivity contribution in [1.29, 1.82) is 0 Å². The predicted molar refractivity (Wildman–Crippen MR) is 193 cm³/mol. The minimum Gasteiger partial charge on any atom is -0.399 e. The summed E-state index contributed by atoms with van der Waals surface area (Å²) in [7, 11) is 1.86. The van der Waals surface area contributed by atoms with Gasteiger partial charge in [-0.15, -0.1) is 6.58 Å². The van der Waals surface area contributed by atoms with Crippen molar-refractivity contribution >= 4 is 5.91 Å². The Morgan fingerprint density at radius 1 is 0.977 bits per heavy atom. The maximum absolute atomic E-state index is 12.6. The molecule has 0 bridgehead atoms. The molecule has 3 unspecified atom stereocenters. The zero-order chi connectivity index (χ0) is 33.4. The maximum Gasteiger partial charge on any atom is 0.220 e. The van der Waals surface area contributed by atoms with Gasteiger partial charge in [0.2, 0.25) is 5.91 Å². The minimum atomic E-state index is 0.0155. The number of nitrogens with zero attached hydrogens (tertiary/aromatic N) is 1. The van der Waals surface area contributed by atoms with E-state index in [1.807, 2.05) is 47.7 Å². The predicted octanol–water partition coefficient (Wildman–Crippen LogP) is 9.08. The average molecular weight is 599 g/mol. The number of likely N-dealkylation sites (tertiary alicyclic amines) is 1. The van der Waals surface area contributed by atoms with Gasteiger partial charge in [0.25, 0.3) is 0 Å². The Morgan fingerprint density at radius 3 is 1.86 bits per heavy atom. The zero-order valence-electron chi connectivity index (χ0n) is 29.7. The monoisotopic (exact) mass is 599 g/mol. The van der Waals surface area contributed by atoms with Crippen LogP contribution < -0.4 is 16.4 Å². The van der Waals surface area contributed by atoms with Gasteiger partial charge in [0.05, 0.1) is 6.04 Å². The summed E-state index contributed by atoms with van der Waals surface area (Å²) in [5, 5.41) is 6.35. The molecule has 1 saturated carbocycles. The largest absolute Gasteiger partial charge is 0.399 e. The van der Waals surface area contributed by atoms with Gasteiger partial charge >= 0.3 is 0 Å². The number of hydrogen-bond donors (Lipinski definition) is 3. The molecular formula is C38H70N4O. The summed E-state index contributed by atoms with van der Waals surface area (Å²) in [6, 6.07) is 0.590. The van der Waals surface area contributed by atoms with E-state index in [0.29, 0.717) is 30.0 Å². The van der Waals surface area contributed by atoms with E-state index in [9.17, 15) is 4.79 Å². The van der Waals surface area contributed by atoms with Gasteiger partial charge < -0.3 is 21.3 Å². The van der Waals surface area contributed by atoms with E-state index in [1.165, 1.54) is 19.3 Å². The van der Waals surface area contributed by atoms with Crippen LogP contribution in [0.25, 0.3) is 0 Å². The van der Waals surface area contributed by atoms with Gasteiger partial charge in [0.15, 0.2) is 0 Å². The van der Waals surface area contributed by atoms with Crippen molar-refractivity contribution in [2.75, 3.05) is 13.6 Å². The second-order valence-corrected chi connectivity index (χ2v) is 11.8. The molecule has 1 aliphatic heterocycles. The van der Waals surface area contributed by atoms with Crippen LogP contribution in [0, 0.1) is 17.8 Å². The lowest BCUT2D eigenvalue weighted by molar-refractivity contribution is -0.122. The molecule has 43 heavy (non-hydrogen) atoms. The number of likely N-dealkylation sites (N-methyl/N-ethyl adjacent to an activating group) is 1. The van der Waals surface area contributed by atoms with Gasteiger partial charge in [-0.1, -0.05) is 111 Å². The lowest BCUT2D eigenvalue weighted by Gasteiger charge is -2.37. The van der Waals surface area contributed by atoms with E-state index >= 15 is 0 Å². The molecule has 1 amide bonds. The van der Waals surface area contributed by atoms with Crippen molar-refractivity contribution in [3.63, 3.8) is 0 Å². The maximum atomic E-state index is 12.6. The van der Waals surface area contributed by atoms with Crippen molar-refractivity contribution in [2.24, 2.45) is 23.5 Å². The molecular weight excluding hydrogens is 528 g/mol. The van der Waals surface area contributed by atoms with Crippen molar-refractivity contribution in [1.82, 2.24) is 15.5 Å². The lowest BCUT2D eigenvalue weighted by atomic mass is 9.87. The molecule has 0 spiro atoms. The summed E-state index contributed by atoms with van der Waals surface area (Å²) in [6.45, 7) is 33.2. The van der Waals surface area contributed by atoms with Crippen molar-refractivity contribution < 1.29 is 4.79 Å². The Labute approximate surface area is 267 Å². The first-order chi connectivity index (χ1) is 20.5. The van der Waals surface area contributed by atoms with Gasteiger partial charge in [-0.05, 0) is 75.8 Å². The summed E-state index contributed by atoms with van der Waals surface area (Å²) in [6.07, 6.45) is 20.8. The molecule has 2 aliphatic carbocycles. The highest BCUT2D eigenvalue weighted by Gasteiger charge is 2.32. The van der Waals surface area contributed by atoms with Crippen LogP contribution in [0.5, 0.6) is 0 Å². The number of nitrogens with two attached hydrogens (primary N) is 1. The normalized spacial score (nSPS) is 20.5.